The van der Waals surface area contributed by atoms with Gasteiger partial charge in [0.05, 0.1) is 0 Å². The second-order valence-corrected chi connectivity index (χ2v) is 4.51. The normalized spacial score (nSPS) is 12.4. The molecule has 0 saturated heterocycles. The molecule has 3 rings (SSSR count). The van der Waals surface area contributed by atoms with Gasteiger partial charge in [0, 0.05) is 35.5 Å². The maximum absolute atomic E-state index is 12.2. The van der Waals surface area contributed by atoms with Crippen LogP contribution >= 0.6 is 0 Å². The lowest BCUT2D eigenvalue weighted by Gasteiger charge is -2.06. The van der Waals surface area contributed by atoms with E-state index in [4.69, 9.17) is 0 Å². The topological polar surface area (TPSA) is 39.1 Å². The standard InChI is InChI=1S/C15H13NO2/c1-2-7-16-9-13-10-5-3-4-6-11(10)15(18)12(13)8-14(16)17/h3-6,8-9H,2,7H2,1H3. The van der Waals surface area contributed by atoms with Crippen molar-refractivity contribution in [1.29, 1.82) is 0 Å². The van der Waals surface area contributed by atoms with Crippen molar-refractivity contribution in [3.8, 4) is 11.1 Å². The summed E-state index contributed by atoms with van der Waals surface area (Å²) in [6.07, 6.45) is 2.71. The molecule has 90 valence electrons. The van der Waals surface area contributed by atoms with Crippen molar-refractivity contribution in [2.45, 2.75) is 19.9 Å². The molecule has 1 aliphatic rings. The van der Waals surface area contributed by atoms with E-state index in [2.05, 4.69) is 0 Å². The third-order valence-electron chi connectivity index (χ3n) is 3.30. The molecular weight excluding hydrogens is 226 g/mol. The minimum atomic E-state index is -0.100. The number of benzene rings is 1. The Kier molecular flexibility index (Phi) is 2.40. The zero-order valence-corrected chi connectivity index (χ0v) is 10.1. The number of aromatic nitrogens is 1. The molecule has 2 aromatic rings. The van der Waals surface area contributed by atoms with Crippen LogP contribution in [0.1, 0.15) is 29.3 Å². The van der Waals surface area contributed by atoms with Crippen LogP contribution in [0, 0.1) is 0 Å². The van der Waals surface area contributed by atoms with Gasteiger partial charge in [-0.05, 0) is 12.0 Å². The predicted molar refractivity (Wildman–Crippen MR) is 69.9 cm³/mol. The summed E-state index contributed by atoms with van der Waals surface area (Å²) in [5.41, 5.74) is 2.94. The van der Waals surface area contributed by atoms with Gasteiger partial charge in [-0.3, -0.25) is 9.59 Å². The first-order valence-corrected chi connectivity index (χ1v) is 6.11. The number of carbonyl (C=O) groups is 1. The van der Waals surface area contributed by atoms with Gasteiger partial charge in [-0.2, -0.15) is 0 Å². The number of ketones is 1. The summed E-state index contributed by atoms with van der Waals surface area (Å²) in [7, 11) is 0. The van der Waals surface area contributed by atoms with Crippen LogP contribution in [0.2, 0.25) is 0 Å². The lowest BCUT2D eigenvalue weighted by Crippen LogP contribution is -2.19. The maximum Gasteiger partial charge on any atom is 0.251 e. The number of carbonyl (C=O) groups excluding carboxylic acids is 1. The Bertz CT molecular complexity index is 698. The number of pyridine rings is 1. The monoisotopic (exact) mass is 239 g/mol. The van der Waals surface area contributed by atoms with Gasteiger partial charge in [0.2, 0.25) is 0 Å². The van der Waals surface area contributed by atoms with Gasteiger partial charge in [-0.25, -0.2) is 0 Å². The first kappa shape index (κ1) is 11.0. The lowest BCUT2D eigenvalue weighted by atomic mass is 10.1. The minimum Gasteiger partial charge on any atom is -0.315 e. The highest BCUT2D eigenvalue weighted by Gasteiger charge is 2.27. The van der Waals surface area contributed by atoms with Crippen LogP contribution in [0.5, 0.6) is 0 Å². The van der Waals surface area contributed by atoms with E-state index in [1.54, 1.807) is 4.57 Å². The molecule has 1 aromatic carbocycles. The second-order valence-electron chi connectivity index (χ2n) is 4.51. The maximum atomic E-state index is 12.2. The van der Waals surface area contributed by atoms with E-state index in [9.17, 15) is 9.59 Å². The Balaban J connectivity index is 2.28. The fourth-order valence-corrected chi connectivity index (χ4v) is 2.45. The molecule has 1 heterocycles. The highest BCUT2D eigenvalue weighted by atomic mass is 16.1. The summed E-state index contributed by atoms with van der Waals surface area (Å²) in [4.78, 5) is 24.0. The van der Waals surface area contributed by atoms with E-state index in [0.717, 1.165) is 17.5 Å². The molecule has 0 saturated carbocycles. The first-order chi connectivity index (χ1) is 8.72. The molecule has 0 bridgehead atoms. The molecule has 0 fully saturated rings. The average Bonchev–Trinajstić information content (AvgIpc) is 2.65. The Labute approximate surface area is 105 Å². The molecule has 0 amide bonds. The van der Waals surface area contributed by atoms with Crippen LogP contribution < -0.4 is 5.56 Å². The highest BCUT2D eigenvalue weighted by molar-refractivity contribution is 6.21. The van der Waals surface area contributed by atoms with Crippen LogP contribution in [-0.4, -0.2) is 10.4 Å². The number of nitrogens with zero attached hydrogens (tertiary/aromatic N) is 1. The van der Waals surface area contributed by atoms with Crippen LogP contribution in [0.25, 0.3) is 11.1 Å². The molecule has 1 aromatic heterocycles. The molecule has 0 radical (unpaired) electrons. The van der Waals surface area contributed by atoms with Gasteiger partial charge in [0.25, 0.3) is 5.56 Å². The van der Waals surface area contributed by atoms with Crippen molar-refractivity contribution in [2.75, 3.05) is 0 Å². The highest BCUT2D eigenvalue weighted by Crippen LogP contribution is 2.35. The summed E-state index contributed by atoms with van der Waals surface area (Å²) < 4.78 is 1.67. The number of hydrogen-bond donors (Lipinski definition) is 0. The third-order valence-corrected chi connectivity index (χ3v) is 3.30. The van der Waals surface area contributed by atoms with Gasteiger partial charge in [0.1, 0.15) is 0 Å². The van der Waals surface area contributed by atoms with Crippen molar-refractivity contribution < 1.29 is 4.79 Å². The summed E-state index contributed by atoms with van der Waals surface area (Å²) in [5, 5.41) is 0. The SMILES string of the molecule is CCCn1cc2c(cc1=O)C(=O)c1ccccc1-2. The molecule has 3 nitrogen and oxygen atoms in total. The molecule has 3 heteroatoms. The van der Waals surface area contributed by atoms with E-state index < -0.39 is 0 Å². The Morgan fingerprint density at radius 1 is 1.00 bits per heavy atom. The van der Waals surface area contributed by atoms with Crippen LogP contribution in [0.15, 0.2) is 41.3 Å². The fraction of sp³-hybridized carbons (Fsp3) is 0.200. The number of aryl methyl sites for hydroxylation is 1. The van der Waals surface area contributed by atoms with Crippen molar-refractivity contribution >= 4 is 5.78 Å². The number of hydrogen-bond acceptors (Lipinski definition) is 2. The van der Waals surface area contributed by atoms with Gasteiger partial charge in [-0.15, -0.1) is 0 Å². The zero-order chi connectivity index (χ0) is 12.7. The van der Waals surface area contributed by atoms with Gasteiger partial charge >= 0.3 is 0 Å². The molecule has 0 N–H and O–H groups in total. The van der Waals surface area contributed by atoms with Crippen molar-refractivity contribution in [2.24, 2.45) is 0 Å². The summed E-state index contributed by atoms with van der Waals surface area (Å²) in [6.45, 7) is 2.71. The van der Waals surface area contributed by atoms with Crippen LogP contribution in [0.3, 0.4) is 0 Å². The second kappa shape index (κ2) is 3.95. The number of rotatable bonds is 2. The first-order valence-electron chi connectivity index (χ1n) is 6.11. The van der Waals surface area contributed by atoms with Crippen molar-refractivity contribution in [3.05, 3.63) is 58.0 Å². The predicted octanol–water partition coefficient (Wildman–Crippen LogP) is 2.47. The average molecular weight is 239 g/mol. The zero-order valence-electron chi connectivity index (χ0n) is 10.1. The van der Waals surface area contributed by atoms with Crippen LogP contribution in [0.4, 0.5) is 0 Å². The van der Waals surface area contributed by atoms with Gasteiger partial charge in [-0.1, -0.05) is 31.2 Å². The summed E-state index contributed by atoms with van der Waals surface area (Å²) in [6, 6.07) is 8.97. The van der Waals surface area contributed by atoms with E-state index in [-0.39, 0.29) is 11.3 Å². The molecule has 0 spiro atoms. The minimum absolute atomic E-state index is 0.0404. The lowest BCUT2D eigenvalue weighted by molar-refractivity contribution is 0.104. The Hall–Kier alpha value is -2.16. The van der Waals surface area contributed by atoms with E-state index in [0.29, 0.717) is 17.7 Å². The van der Waals surface area contributed by atoms with Crippen molar-refractivity contribution in [3.63, 3.8) is 0 Å². The molecule has 1 aliphatic carbocycles. The van der Waals surface area contributed by atoms with Gasteiger partial charge < -0.3 is 4.57 Å². The summed E-state index contributed by atoms with van der Waals surface area (Å²) in [5.74, 6) is -0.0404. The Morgan fingerprint density at radius 3 is 2.44 bits per heavy atom. The Morgan fingerprint density at radius 2 is 1.72 bits per heavy atom. The molecular formula is C15H13NO2. The van der Waals surface area contributed by atoms with E-state index in [1.807, 2.05) is 37.4 Å². The molecule has 0 aliphatic heterocycles. The fourth-order valence-electron chi connectivity index (χ4n) is 2.45. The van der Waals surface area contributed by atoms with Crippen LogP contribution in [-0.2, 0) is 6.54 Å². The summed E-state index contributed by atoms with van der Waals surface area (Å²) >= 11 is 0. The van der Waals surface area contributed by atoms with E-state index >= 15 is 0 Å². The quantitative estimate of drug-likeness (QED) is 0.689. The van der Waals surface area contributed by atoms with Gasteiger partial charge in [0.15, 0.2) is 5.78 Å². The molecule has 0 atom stereocenters. The molecule has 0 unspecified atom stereocenters. The third kappa shape index (κ3) is 1.44. The molecule has 18 heavy (non-hydrogen) atoms. The number of fused-ring (bicyclic) bond motifs is 3. The smallest absolute Gasteiger partial charge is 0.251 e. The van der Waals surface area contributed by atoms with Crippen molar-refractivity contribution in [1.82, 2.24) is 4.57 Å². The largest absolute Gasteiger partial charge is 0.315 e. The van der Waals surface area contributed by atoms with E-state index in [1.165, 1.54) is 6.07 Å².